The Balaban J connectivity index is 0.000000332. The maximum atomic E-state index is 11.8. The van der Waals surface area contributed by atoms with E-state index in [1.54, 1.807) is 0 Å². The fourth-order valence-corrected chi connectivity index (χ4v) is 3.12. The van der Waals surface area contributed by atoms with Gasteiger partial charge in [0, 0.05) is 12.2 Å². The van der Waals surface area contributed by atoms with E-state index in [-0.39, 0.29) is 23.6 Å². The number of hydrogen-bond acceptors (Lipinski definition) is 5. The van der Waals surface area contributed by atoms with Crippen molar-refractivity contribution in [3.05, 3.63) is 59.3 Å². The summed E-state index contributed by atoms with van der Waals surface area (Å²) in [6.07, 6.45) is 0.919. The van der Waals surface area contributed by atoms with Crippen molar-refractivity contribution in [2.45, 2.75) is 39.3 Å². The van der Waals surface area contributed by atoms with Crippen molar-refractivity contribution in [1.82, 2.24) is 9.88 Å². The number of rotatable bonds is 3. The zero-order valence-corrected chi connectivity index (χ0v) is 18.4. The third kappa shape index (κ3) is 7.48. The van der Waals surface area contributed by atoms with Gasteiger partial charge < -0.3 is 10.5 Å². The molecule has 1 aromatic heterocycles. The number of halogens is 2. The molecule has 2 N–H and O–H groups in total. The zero-order chi connectivity index (χ0) is 19.8. The SMILES string of the molecule is Br.Cc1cc(C)nc(N)c1.O=C(Cl)C1CCCN1C(=O)OCc1ccccc1. The minimum atomic E-state index is -0.532. The normalized spacial score (nSPS) is 15.1. The fraction of sp³-hybridized carbons (Fsp3) is 0.350. The van der Waals surface area contributed by atoms with Gasteiger partial charge in [-0.15, -0.1) is 17.0 Å². The van der Waals surface area contributed by atoms with Gasteiger partial charge in [-0.05, 0) is 61.5 Å². The lowest BCUT2D eigenvalue weighted by molar-refractivity contribution is -0.115. The number of benzene rings is 1. The fourth-order valence-electron chi connectivity index (χ4n) is 2.90. The standard InChI is InChI=1S/C13H14ClNO3.C7H10N2.BrH/c14-12(16)11-7-4-8-15(11)13(17)18-9-10-5-2-1-3-6-10;1-5-3-6(2)9-7(8)4-5;/h1-3,5-6,11H,4,7-9H2;3-4H,1-2H3,(H2,8,9);1H. The highest BCUT2D eigenvalue weighted by molar-refractivity contribution is 8.93. The van der Waals surface area contributed by atoms with Crippen molar-refractivity contribution < 1.29 is 14.3 Å². The van der Waals surface area contributed by atoms with Crippen LogP contribution in [-0.2, 0) is 16.1 Å². The summed E-state index contributed by atoms with van der Waals surface area (Å²) in [7, 11) is 0. The molecule has 8 heteroatoms. The molecule has 0 spiro atoms. The van der Waals surface area contributed by atoms with Crippen LogP contribution in [0.2, 0.25) is 0 Å². The molecule has 2 aromatic rings. The first-order chi connectivity index (χ1) is 12.9. The number of amides is 1. The van der Waals surface area contributed by atoms with E-state index in [1.165, 1.54) is 10.5 Å². The van der Waals surface area contributed by atoms with Crippen LogP contribution in [0.15, 0.2) is 42.5 Å². The molecule has 6 nitrogen and oxygen atoms in total. The molecule has 0 aliphatic carbocycles. The number of carbonyl (C=O) groups excluding carboxylic acids is 2. The van der Waals surface area contributed by atoms with E-state index in [2.05, 4.69) is 4.98 Å². The smallest absolute Gasteiger partial charge is 0.410 e. The monoisotopic (exact) mass is 469 g/mol. The summed E-state index contributed by atoms with van der Waals surface area (Å²) < 4.78 is 5.17. The summed E-state index contributed by atoms with van der Waals surface area (Å²) in [6, 6.07) is 12.7. The maximum Gasteiger partial charge on any atom is 0.410 e. The molecule has 2 heterocycles. The van der Waals surface area contributed by atoms with Crippen LogP contribution in [0, 0.1) is 13.8 Å². The molecule has 1 saturated heterocycles. The molecule has 0 saturated carbocycles. The first kappa shape index (κ1) is 23.9. The number of aromatic nitrogens is 1. The van der Waals surface area contributed by atoms with Crippen LogP contribution >= 0.6 is 28.6 Å². The first-order valence-corrected chi connectivity index (χ1v) is 9.12. The molecular formula is C20H25BrClN3O3. The second kappa shape index (κ2) is 11.7. The van der Waals surface area contributed by atoms with Gasteiger partial charge in [0.05, 0.1) is 0 Å². The molecule has 0 radical (unpaired) electrons. The lowest BCUT2D eigenvalue weighted by atomic mass is 10.2. The summed E-state index contributed by atoms with van der Waals surface area (Å²) >= 11 is 5.45. The van der Waals surface area contributed by atoms with E-state index in [0.717, 1.165) is 17.7 Å². The molecular weight excluding hydrogens is 446 g/mol. The molecule has 1 unspecified atom stereocenters. The quantitative estimate of drug-likeness (QED) is 0.672. The van der Waals surface area contributed by atoms with Gasteiger partial charge in [-0.25, -0.2) is 9.78 Å². The molecule has 1 fully saturated rings. The van der Waals surface area contributed by atoms with Crippen LogP contribution in [0.1, 0.15) is 29.7 Å². The average Bonchev–Trinajstić information content (AvgIpc) is 3.10. The highest BCUT2D eigenvalue weighted by Gasteiger charge is 2.34. The van der Waals surface area contributed by atoms with Gasteiger partial charge in [0.25, 0.3) is 0 Å². The molecule has 1 atom stereocenters. The number of nitrogens with two attached hydrogens (primary N) is 1. The summed E-state index contributed by atoms with van der Waals surface area (Å²) in [4.78, 5) is 28.4. The Morgan fingerprint density at radius 3 is 2.50 bits per heavy atom. The minimum absolute atomic E-state index is 0. The van der Waals surface area contributed by atoms with Gasteiger partial charge in [-0.1, -0.05) is 30.3 Å². The number of ether oxygens (including phenoxy) is 1. The second-order valence-electron chi connectivity index (χ2n) is 6.41. The molecule has 28 heavy (non-hydrogen) atoms. The van der Waals surface area contributed by atoms with E-state index in [1.807, 2.05) is 56.3 Å². The summed E-state index contributed by atoms with van der Waals surface area (Å²) in [6.45, 7) is 4.67. The number of nitrogen functional groups attached to an aromatic ring is 1. The Bertz CT molecular complexity index is 739. The van der Waals surface area contributed by atoms with Gasteiger partial charge in [0.15, 0.2) is 0 Å². The van der Waals surface area contributed by atoms with Crippen molar-refractivity contribution in [1.29, 1.82) is 0 Å². The van der Waals surface area contributed by atoms with Gasteiger partial charge in [-0.3, -0.25) is 9.69 Å². The molecule has 1 aromatic carbocycles. The second-order valence-corrected chi connectivity index (χ2v) is 6.78. The number of pyridine rings is 1. The van der Waals surface area contributed by atoms with Crippen molar-refractivity contribution in [2.75, 3.05) is 12.3 Å². The van der Waals surface area contributed by atoms with E-state index in [9.17, 15) is 9.59 Å². The number of aryl methyl sites for hydroxylation is 2. The highest BCUT2D eigenvalue weighted by Crippen LogP contribution is 2.20. The lowest BCUT2D eigenvalue weighted by Crippen LogP contribution is -2.39. The molecule has 152 valence electrons. The van der Waals surface area contributed by atoms with E-state index >= 15 is 0 Å². The lowest BCUT2D eigenvalue weighted by Gasteiger charge is -2.20. The van der Waals surface area contributed by atoms with Crippen LogP contribution in [0.3, 0.4) is 0 Å². The van der Waals surface area contributed by atoms with Crippen molar-refractivity contribution in [2.24, 2.45) is 0 Å². The molecule has 0 bridgehead atoms. The number of anilines is 1. The third-order valence-electron chi connectivity index (χ3n) is 4.07. The van der Waals surface area contributed by atoms with Gasteiger partial charge in [-0.2, -0.15) is 0 Å². The predicted molar refractivity (Wildman–Crippen MR) is 116 cm³/mol. The topological polar surface area (TPSA) is 85.5 Å². The number of carbonyl (C=O) groups is 2. The number of likely N-dealkylation sites (tertiary alicyclic amines) is 1. The number of hydrogen-bond donors (Lipinski definition) is 1. The largest absolute Gasteiger partial charge is 0.445 e. The molecule has 3 rings (SSSR count). The average molecular weight is 471 g/mol. The Labute approximate surface area is 180 Å². The Morgan fingerprint density at radius 1 is 1.25 bits per heavy atom. The van der Waals surface area contributed by atoms with E-state index in [0.29, 0.717) is 18.8 Å². The minimum Gasteiger partial charge on any atom is -0.445 e. The van der Waals surface area contributed by atoms with Crippen LogP contribution in [0.4, 0.5) is 10.6 Å². The van der Waals surface area contributed by atoms with Crippen molar-refractivity contribution >= 4 is 45.7 Å². The summed E-state index contributed by atoms with van der Waals surface area (Å²) in [5, 5.41) is -0.496. The first-order valence-electron chi connectivity index (χ1n) is 8.74. The maximum absolute atomic E-state index is 11.8. The summed E-state index contributed by atoms with van der Waals surface area (Å²) in [5.41, 5.74) is 8.51. The van der Waals surface area contributed by atoms with Crippen molar-refractivity contribution in [3.8, 4) is 0 Å². The predicted octanol–water partition coefficient (Wildman–Crippen LogP) is 4.41. The van der Waals surface area contributed by atoms with Gasteiger partial charge in [0.2, 0.25) is 5.24 Å². The Kier molecular flexibility index (Phi) is 9.96. The third-order valence-corrected chi connectivity index (χ3v) is 4.32. The molecule has 1 aliphatic rings. The van der Waals surface area contributed by atoms with Crippen LogP contribution in [-0.4, -0.2) is 33.8 Å². The zero-order valence-electron chi connectivity index (χ0n) is 15.9. The van der Waals surface area contributed by atoms with Gasteiger partial charge in [0.1, 0.15) is 18.5 Å². The summed E-state index contributed by atoms with van der Waals surface area (Å²) in [5.74, 6) is 0.604. The van der Waals surface area contributed by atoms with Crippen LogP contribution in [0.25, 0.3) is 0 Å². The van der Waals surface area contributed by atoms with E-state index in [4.69, 9.17) is 22.1 Å². The van der Waals surface area contributed by atoms with Crippen LogP contribution in [0.5, 0.6) is 0 Å². The Hall–Kier alpha value is -2.12. The van der Waals surface area contributed by atoms with Crippen LogP contribution < -0.4 is 5.73 Å². The molecule has 1 aliphatic heterocycles. The molecule has 1 amide bonds. The number of nitrogens with zero attached hydrogens (tertiary/aromatic N) is 2. The van der Waals surface area contributed by atoms with Crippen molar-refractivity contribution in [3.63, 3.8) is 0 Å². The highest BCUT2D eigenvalue weighted by atomic mass is 79.9. The van der Waals surface area contributed by atoms with Gasteiger partial charge >= 0.3 is 6.09 Å². The van der Waals surface area contributed by atoms with E-state index < -0.39 is 17.4 Å². The Morgan fingerprint density at radius 2 is 1.93 bits per heavy atom.